The summed E-state index contributed by atoms with van der Waals surface area (Å²) in [6, 6.07) is 0.0325. The molecule has 5 nitrogen and oxygen atoms in total. The molecule has 0 radical (unpaired) electrons. The second-order valence-electron chi connectivity index (χ2n) is 6.35. The van der Waals surface area contributed by atoms with Crippen LogP contribution in [-0.2, 0) is 9.59 Å². The fraction of sp³-hybridized carbons (Fsp3) is 0.867. The first-order chi connectivity index (χ1) is 9.25. The van der Waals surface area contributed by atoms with Crippen molar-refractivity contribution in [1.29, 1.82) is 0 Å². The SMILES string of the molecule is CC(=O)N(C(C)C)C1CCN(C(=O)[C@@H](N)C(C)C)CC1. The highest BCUT2D eigenvalue weighted by Gasteiger charge is 2.31. The maximum Gasteiger partial charge on any atom is 0.239 e. The Morgan fingerprint density at radius 2 is 1.65 bits per heavy atom. The Kier molecular flexibility index (Phi) is 5.99. The zero-order chi connectivity index (χ0) is 15.4. The molecule has 0 bridgehead atoms. The highest BCUT2D eigenvalue weighted by atomic mass is 16.2. The Hall–Kier alpha value is -1.10. The Morgan fingerprint density at radius 3 is 2.00 bits per heavy atom. The third-order valence-electron chi connectivity index (χ3n) is 4.09. The van der Waals surface area contributed by atoms with Crippen LogP contribution in [0.4, 0.5) is 0 Å². The topological polar surface area (TPSA) is 66.6 Å². The average molecular weight is 283 g/mol. The van der Waals surface area contributed by atoms with E-state index in [0.717, 1.165) is 12.8 Å². The molecule has 0 aromatic carbocycles. The fourth-order valence-corrected chi connectivity index (χ4v) is 2.90. The normalized spacial score (nSPS) is 18.5. The van der Waals surface area contributed by atoms with Crippen LogP contribution in [0.3, 0.4) is 0 Å². The van der Waals surface area contributed by atoms with E-state index in [1.165, 1.54) is 0 Å². The van der Waals surface area contributed by atoms with Crippen molar-refractivity contribution in [3.63, 3.8) is 0 Å². The molecule has 0 aromatic rings. The van der Waals surface area contributed by atoms with Crippen LogP contribution in [0.2, 0.25) is 0 Å². The predicted octanol–water partition coefficient (Wildman–Crippen LogP) is 1.22. The Bertz CT molecular complexity index is 347. The Morgan fingerprint density at radius 1 is 1.15 bits per heavy atom. The van der Waals surface area contributed by atoms with Gasteiger partial charge in [0.15, 0.2) is 0 Å². The summed E-state index contributed by atoms with van der Waals surface area (Å²) >= 11 is 0. The van der Waals surface area contributed by atoms with Crippen molar-refractivity contribution in [1.82, 2.24) is 9.80 Å². The number of likely N-dealkylation sites (tertiary alicyclic amines) is 1. The van der Waals surface area contributed by atoms with E-state index in [2.05, 4.69) is 0 Å². The second-order valence-corrected chi connectivity index (χ2v) is 6.35. The molecule has 2 N–H and O–H groups in total. The lowest BCUT2D eigenvalue weighted by molar-refractivity contribution is -0.138. The molecule has 5 heteroatoms. The van der Waals surface area contributed by atoms with Crippen molar-refractivity contribution in [2.45, 2.75) is 65.6 Å². The number of rotatable bonds is 4. The molecule has 1 aliphatic rings. The average Bonchev–Trinajstić information content (AvgIpc) is 2.37. The van der Waals surface area contributed by atoms with E-state index in [4.69, 9.17) is 5.73 Å². The molecule has 1 aliphatic heterocycles. The smallest absolute Gasteiger partial charge is 0.239 e. The van der Waals surface area contributed by atoms with E-state index >= 15 is 0 Å². The summed E-state index contributed by atoms with van der Waals surface area (Å²) in [6.45, 7) is 11.0. The van der Waals surface area contributed by atoms with Crippen LogP contribution >= 0.6 is 0 Å². The third kappa shape index (κ3) is 3.95. The molecule has 1 rings (SSSR count). The van der Waals surface area contributed by atoms with Crippen LogP contribution in [0.1, 0.15) is 47.5 Å². The number of amides is 2. The van der Waals surface area contributed by atoms with Gasteiger partial charge in [-0.2, -0.15) is 0 Å². The number of piperidine rings is 1. The van der Waals surface area contributed by atoms with Gasteiger partial charge in [0, 0.05) is 32.1 Å². The lowest BCUT2D eigenvalue weighted by Gasteiger charge is -2.41. The maximum atomic E-state index is 12.2. The fourth-order valence-electron chi connectivity index (χ4n) is 2.90. The second kappa shape index (κ2) is 7.07. The molecule has 0 saturated carbocycles. The summed E-state index contributed by atoms with van der Waals surface area (Å²) in [6.07, 6.45) is 1.68. The molecule has 20 heavy (non-hydrogen) atoms. The Labute approximate surface area is 122 Å². The van der Waals surface area contributed by atoms with Crippen molar-refractivity contribution in [3.8, 4) is 0 Å². The number of hydrogen-bond donors (Lipinski definition) is 1. The van der Waals surface area contributed by atoms with Gasteiger partial charge in [-0.15, -0.1) is 0 Å². The van der Waals surface area contributed by atoms with Crippen LogP contribution in [0.5, 0.6) is 0 Å². The molecule has 1 atom stereocenters. The quantitative estimate of drug-likeness (QED) is 0.843. The molecule has 0 unspecified atom stereocenters. The van der Waals surface area contributed by atoms with Gasteiger partial charge in [-0.3, -0.25) is 9.59 Å². The van der Waals surface area contributed by atoms with Gasteiger partial charge in [-0.25, -0.2) is 0 Å². The van der Waals surface area contributed by atoms with Gasteiger partial charge < -0.3 is 15.5 Å². The molecule has 116 valence electrons. The summed E-state index contributed by atoms with van der Waals surface area (Å²) in [5, 5.41) is 0. The molecule has 1 heterocycles. The van der Waals surface area contributed by atoms with Crippen molar-refractivity contribution < 1.29 is 9.59 Å². The van der Waals surface area contributed by atoms with Crippen LogP contribution < -0.4 is 5.73 Å². The van der Waals surface area contributed by atoms with Gasteiger partial charge in [0.2, 0.25) is 11.8 Å². The zero-order valence-electron chi connectivity index (χ0n) is 13.4. The first kappa shape index (κ1) is 17.0. The first-order valence-corrected chi connectivity index (χ1v) is 7.59. The minimum absolute atomic E-state index is 0.0392. The van der Waals surface area contributed by atoms with Crippen LogP contribution in [0.25, 0.3) is 0 Å². The number of nitrogens with zero attached hydrogens (tertiary/aromatic N) is 2. The summed E-state index contributed by atoms with van der Waals surface area (Å²) in [7, 11) is 0. The predicted molar refractivity (Wildman–Crippen MR) is 80.1 cm³/mol. The highest BCUT2D eigenvalue weighted by molar-refractivity contribution is 5.82. The Balaban J connectivity index is 2.59. The van der Waals surface area contributed by atoms with Crippen LogP contribution in [-0.4, -0.2) is 52.8 Å². The lowest BCUT2D eigenvalue weighted by Crippen LogP contribution is -2.54. The van der Waals surface area contributed by atoms with Crippen molar-refractivity contribution in [2.24, 2.45) is 11.7 Å². The van der Waals surface area contributed by atoms with Gasteiger partial charge >= 0.3 is 0 Å². The van der Waals surface area contributed by atoms with Gasteiger partial charge in [-0.1, -0.05) is 13.8 Å². The van der Waals surface area contributed by atoms with Gasteiger partial charge in [0.05, 0.1) is 6.04 Å². The number of hydrogen-bond acceptors (Lipinski definition) is 3. The van der Waals surface area contributed by atoms with Crippen molar-refractivity contribution >= 4 is 11.8 Å². The summed E-state index contributed by atoms with van der Waals surface area (Å²) in [5.74, 6) is 0.311. The molecule has 0 spiro atoms. The van der Waals surface area contributed by atoms with Gasteiger partial charge in [-0.05, 0) is 32.6 Å². The summed E-state index contributed by atoms with van der Waals surface area (Å²) < 4.78 is 0. The monoisotopic (exact) mass is 283 g/mol. The summed E-state index contributed by atoms with van der Waals surface area (Å²) in [5.41, 5.74) is 5.93. The molecule has 2 amide bonds. The molecular formula is C15H29N3O2. The first-order valence-electron chi connectivity index (χ1n) is 7.59. The van der Waals surface area contributed by atoms with Crippen molar-refractivity contribution in [3.05, 3.63) is 0 Å². The van der Waals surface area contributed by atoms with Crippen LogP contribution in [0, 0.1) is 5.92 Å². The van der Waals surface area contributed by atoms with Crippen LogP contribution in [0.15, 0.2) is 0 Å². The maximum absolute atomic E-state index is 12.2. The van der Waals surface area contributed by atoms with E-state index in [1.54, 1.807) is 6.92 Å². The minimum atomic E-state index is -0.416. The summed E-state index contributed by atoms with van der Waals surface area (Å²) in [4.78, 5) is 27.7. The molecule has 0 aliphatic carbocycles. The zero-order valence-corrected chi connectivity index (χ0v) is 13.4. The van der Waals surface area contributed by atoms with E-state index in [0.29, 0.717) is 13.1 Å². The van der Waals surface area contributed by atoms with Crippen molar-refractivity contribution in [2.75, 3.05) is 13.1 Å². The van der Waals surface area contributed by atoms with E-state index in [1.807, 2.05) is 37.5 Å². The lowest BCUT2D eigenvalue weighted by atomic mass is 9.98. The van der Waals surface area contributed by atoms with Gasteiger partial charge in [0.25, 0.3) is 0 Å². The third-order valence-corrected chi connectivity index (χ3v) is 4.09. The largest absolute Gasteiger partial charge is 0.341 e. The number of nitrogens with two attached hydrogens (primary N) is 1. The molecule has 1 fully saturated rings. The number of carbonyl (C=O) groups excluding carboxylic acids is 2. The minimum Gasteiger partial charge on any atom is -0.341 e. The van der Waals surface area contributed by atoms with E-state index in [-0.39, 0.29) is 29.8 Å². The standard InChI is InChI=1S/C15H29N3O2/c1-10(2)14(16)15(20)17-8-6-13(7-9-17)18(11(3)4)12(5)19/h10-11,13-14H,6-9,16H2,1-5H3/t14-/m0/s1. The molecule has 1 saturated heterocycles. The number of carbonyl (C=O) groups is 2. The van der Waals surface area contributed by atoms with E-state index < -0.39 is 6.04 Å². The highest BCUT2D eigenvalue weighted by Crippen LogP contribution is 2.20. The van der Waals surface area contributed by atoms with Gasteiger partial charge in [0.1, 0.15) is 0 Å². The molecule has 0 aromatic heterocycles. The molecular weight excluding hydrogens is 254 g/mol. The van der Waals surface area contributed by atoms with E-state index in [9.17, 15) is 9.59 Å².